The number of hydrogen-bond acceptors (Lipinski definition) is 4. The maximum atomic E-state index is 9.83. The number of aliphatic hydroxyl groups is 1. The fraction of sp³-hybridized carbons (Fsp3) is 1.00. The van der Waals surface area contributed by atoms with Crippen LogP contribution in [0.4, 0.5) is 0 Å². The molecule has 0 saturated heterocycles. The molecule has 4 heteroatoms. The Balaban J connectivity index is 3.26. The van der Waals surface area contributed by atoms with Crippen LogP contribution in [0.15, 0.2) is 0 Å². The fourth-order valence-corrected chi connectivity index (χ4v) is 2.43. The van der Waals surface area contributed by atoms with Crippen molar-refractivity contribution in [1.82, 2.24) is 5.32 Å². The normalized spacial score (nSPS) is 15.4. The van der Waals surface area contributed by atoms with E-state index in [9.17, 15) is 5.11 Å². The smallest absolute Gasteiger partial charge is 0.0833 e. The van der Waals surface area contributed by atoms with E-state index in [4.69, 9.17) is 0 Å². The lowest BCUT2D eigenvalue weighted by atomic mass is 10.1. The Morgan fingerprint density at radius 1 is 1.21 bits per heavy atom. The zero-order valence-electron chi connectivity index (χ0n) is 9.51. The molecule has 0 aliphatic rings. The van der Waals surface area contributed by atoms with Crippen LogP contribution in [0.3, 0.4) is 0 Å². The maximum absolute atomic E-state index is 9.83. The van der Waals surface area contributed by atoms with Crippen LogP contribution in [-0.4, -0.2) is 47.8 Å². The van der Waals surface area contributed by atoms with Crippen molar-refractivity contribution in [2.24, 2.45) is 0 Å². The Bertz CT molecular complexity index is 131. The molecule has 0 aliphatic heterocycles. The third kappa shape index (κ3) is 9.19. The number of thioether (sulfide) groups is 2. The molecule has 0 aromatic heterocycles. The van der Waals surface area contributed by atoms with Gasteiger partial charge in [-0.2, -0.15) is 23.5 Å². The molecule has 0 aromatic rings. The van der Waals surface area contributed by atoms with Gasteiger partial charge in [0.25, 0.3) is 0 Å². The minimum absolute atomic E-state index is 0.557. The molecule has 86 valence electrons. The second-order valence-electron chi connectivity index (χ2n) is 3.81. The van der Waals surface area contributed by atoms with Crippen LogP contribution in [0, 0.1) is 0 Å². The van der Waals surface area contributed by atoms with Crippen LogP contribution >= 0.6 is 23.5 Å². The molecule has 14 heavy (non-hydrogen) atoms. The van der Waals surface area contributed by atoms with Crippen LogP contribution in [0.1, 0.15) is 19.8 Å². The minimum Gasteiger partial charge on any atom is -0.388 e. The van der Waals surface area contributed by atoms with Crippen LogP contribution in [0.5, 0.6) is 0 Å². The molecule has 0 aromatic carbocycles. The van der Waals surface area contributed by atoms with E-state index in [0.29, 0.717) is 6.54 Å². The summed E-state index contributed by atoms with van der Waals surface area (Å²) in [5.74, 6) is 2.04. The predicted octanol–water partition coefficient (Wildman–Crippen LogP) is 1.83. The molecule has 2 nitrogen and oxygen atoms in total. The fourth-order valence-electron chi connectivity index (χ4n) is 1.22. The van der Waals surface area contributed by atoms with Crippen LogP contribution in [0.25, 0.3) is 0 Å². The third-order valence-corrected chi connectivity index (χ3v) is 3.52. The highest BCUT2D eigenvalue weighted by Gasteiger charge is 2.18. The Labute approximate surface area is 96.6 Å². The van der Waals surface area contributed by atoms with Crippen LogP contribution < -0.4 is 5.32 Å². The highest BCUT2D eigenvalue weighted by molar-refractivity contribution is 7.98. The maximum Gasteiger partial charge on any atom is 0.0833 e. The molecule has 0 radical (unpaired) electrons. The van der Waals surface area contributed by atoms with Crippen molar-refractivity contribution in [2.75, 3.05) is 37.1 Å². The average molecular weight is 237 g/mol. The standard InChI is InChI=1S/C10H23NOS2/c1-10(12,9-14-3)8-11-6-4-5-7-13-2/h11-12H,4-9H2,1-3H3. The highest BCUT2D eigenvalue weighted by atomic mass is 32.2. The first-order valence-corrected chi connectivity index (χ1v) is 7.82. The second-order valence-corrected chi connectivity index (χ2v) is 5.66. The first kappa shape index (κ1) is 14.6. The number of hydrogen-bond donors (Lipinski definition) is 2. The number of rotatable bonds is 9. The van der Waals surface area contributed by atoms with Crippen LogP contribution in [-0.2, 0) is 0 Å². The van der Waals surface area contributed by atoms with Gasteiger partial charge in [0.1, 0.15) is 0 Å². The number of unbranched alkanes of at least 4 members (excludes halogenated alkanes) is 1. The number of nitrogens with one attached hydrogen (secondary N) is 1. The van der Waals surface area contributed by atoms with Gasteiger partial charge in [-0.25, -0.2) is 0 Å². The van der Waals surface area contributed by atoms with Crippen molar-refractivity contribution in [1.29, 1.82) is 0 Å². The molecule has 0 bridgehead atoms. The van der Waals surface area contributed by atoms with Gasteiger partial charge in [-0.05, 0) is 44.6 Å². The summed E-state index contributed by atoms with van der Waals surface area (Å²) in [4.78, 5) is 0. The molecule has 1 atom stereocenters. The zero-order valence-corrected chi connectivity index (χ0v) is 11.1. The van der Waals surface area contributed by atoms with Crippen molar-refractivity contribution in [3.05, 3.63) is 0 Å². The van der Waals surface area contributed by atoms with Crippen molar-refractivity contribution in [3.63, 3.8) is 0 Å². The van der Waals surface area contributed by atoms with Crippen molar-refractivity contribution >= 4 is 23.5 Å². The summed E-state index contributed by atoms with van der Waals surface area (Å²) in [6.45, 7) is 3.61. The van der Waals surface area contributed by atoms with E-state index < -0.39 is 5.60 Å². The van der Waals surface area contributed by atoms with Gasteiger partial charge in [-0.3, -0.25) is 0 Å². The molecule has 0 amide bonds. The molecule has 0 aliphatic carbocycles. The van der Waals surface area contributed by atoms with Gasteiger partial charge in [-0.1, -0.05) is 0 Å². The minimum atomic E-state index is -0.557. The topological polar surface area (TPSA) is 32.3 Å². The lowest BCUT2D eigenvalue weighted by Gasteiger charge is -2.22. The predicted molar refractivity (Wildman–Crippen MR) is 69.5 cm³/mol. The van der Waals surface area contributed by atoms with Gasteiger partial charge in [0, 0.05) is 12.3 Å². The first-order chi connectivity index (χ1) is 6.62. The van der Waals surface area contributed by atoms with Crippen molar-refractivity contribution < 1.29 is 5.11 Å². The van der Waals surface area contributed by atoms with Crippen molar-refractivity contribution in [2.45, 2.75) is 25.4 Å². The van der Waals surface area contributed by atoms with Crippen LogP contribution in [0.2, 0.25) is 0 Å². The summed E-state index contributed by atoms with van der Waals surface area (Å²) >= 11 is 3.58. The first-order valence-electron chi connectivity index (χ1n) is 5.03. The average Bonchev–Trinajstić information content (AvgIpc) is 2.11. The molecule has 0 rings (SSSR count). The van der Waals surface area contributed by atoms with E-state index in [1.165, 1.54) is 18.6 Å². The van der Waals surface area contributed by atoms with Gasteiger partial charge in [0.05, 0.1) is 5.60 Å². The Hall–Kier alpha value is 0.620. The molecule has 0 heterocycles. The summed E-state index contributed by atoms with van der Waals surface area (Å²) in [7, 11) is 0. The quantitative estimate of drug-likeness (QED) is 0.599. The summed E-state index contributed by atoms with van der Waals surface area (Å²) in [6.07, 6.45) is 6.62. The monoisotopic (exact) mass is 237 g/mol. The molecular formula is C10H23NOS2. The van der Waals surface area contributed by atoms with E-state index in [2.05, 4.69) is 11.6 Å². The summed E-state index contributed by atoms with van der Waals surface area (Å²) in [6, 6.07) is 0. The lowest BCUT2D eigenvalue weighted by Crippen LogP contribution is -2.40. The molecule has 0 saturated carbocycles. The molecule has 1 unspecified atom stereocenters. The second kappa shape index (κ2) is 8.89. The summed E-state index contributed by atoms with van der Waals surface area (Å²) in [5.41, 5.74) is -0.557. The van der Waals surface area contributed by atoms with E-state index in [0.717, 1.165) is 12.3 Å². The molecular weight excluding hydrogens is 214 g/mol. The van der Waals surface area contributed by atoms with Gasteiger partial charge in [-0.15, -0.1) is 0 Å². The molecule has 0 spiro atoms. The van der Waals surface area contributed by atoms with Crippen molar-refractivity contribution in [3.8, 4) is 0 Å². The van der Waals surface area contributed by atoms with E-state index in [1.807, 2.05) is 24.9 Å². The summed E-state index contributed by atoms with van der Waals surface area (Å²) in [5, 5.41) is 13.1. The van der Waals surface area contributed by atoms with E-state index in [1.54, 1.807) is 11.8 Å². The lowest BCUT2D eigenvalue weighted by molar-refractivity contribution is 0.0850. The zero-order chi connectivity index (χ0) is 10.9. The van der Waals surface area contributed by atoms with Gasteiger partial charge >= 0.3 is 0 Å². The Morgan fingerprint density at radius 3 is 2.50 bits per heavy atom. The SMILES string of the molecule is CSCCCCNCC(C)(O)CSC. The Morgan fingerprint density at radius 2 is 1.93 bits per heavy atom. The summed E-state index contributed by atoms with van der Waals surface area (Å²) < 4.78 is 0. The molecule has 0 fully saturated rings. The van der Waals surface area contributed by atoms with Gasteiger partial charge in [0.15, 0.2) is 0 Å². The Kier molecular flexibility index (Phi) is 9.28. The van der Waals surface area contributed by atoms with Gasteiger partial charge < -0.3 is 10.4 Å². The van der Waals surface area contributed by atoms with E-state index >= 15 is 0 Å². The highest BCUT2D eigenvalue weighted by Crippen LogP contribution is 2.08. The largest absolute Gasteiger partial charge is 0.388 e. The van der Waals surface area contributed by atoms with Gasteiger partial charge in [0.2, 0.25) is 0 Å². The van der Waals surface area contributed by atoms with E-state index in [-0.39, 0.29) is 0 Å². The third-order valence-electron chi connectivity index (χ3n) is 1.91. The molecule has 2 N–H and O–H groups in total.